The summed E-state index contributed by atoms with van der Waals surface area (Å²) in [5, 5.41) is 10.8. The summed E-state index contributed by atoms with van der Waals surface area (Å²) in [6, 6.07) is 0. The summed E-state index contributed by atoms with van der Waals surface area (Å²) < 4.78 is 36.2. The minimum absolute atomic E-state index is 0.159. The number of alkyl halides is 3. The third kappa shape index (κ3) is 4.70. The quantitative estimate of drug-likeness (QED) is 0.781. The summed E-state index contributed by atoms with van der Waals surface area (Å²) in [5.74, 6) is -1.24. The van der Waals surface area contributed by atoms with Crippen molar-refractivity contribution in [3.8, 4) is 0 Å². The Morgan fingerprint density at radius 1 is 1.47 bits per heavy atom. The minimum Gasteiger partial charge on any atom is -0.382 e. The summed E-state index contributed by atoms with van der Waals surface area (Å²) in [7, 11) is 0. The van der Waals surface area contributed by atoms with E-state index in [0.29, 0.717) is 19.4 Å². The lowest BCUT2D eigenvalue weighted by Crippen LogP contribution is -2.47. The minimum atomic E-state index is -4.74. The highest BCUT2D eigenvalue weighted by atomic mass is 19.4. The Bertz CT molecular complexity index is 347. The molecule has 2 atom stereocenters. The molecule has 110 valence electrons. The van der Waals surface area contributed by atoms with E-state index in [4.69, 9.17) is 5.11 Å². The lowest BCUT2D eigenvalue weighted by Gasteiger charge is -2.31. The van der Waals surface area contributed by atoms with Gasteiger partial charge in [-0.25, -0.2) is 0 Å². The van der Waals surface area contributed by atoms with Crippen LogP contribution in [0.5, 0.6) is 0 Å². The zero-order valence-corrected chi connectivity index (χ0v) is 10.5. The molecule has 1 aliphatic heterocycles. The predicted molar refractivity (Wildman–Crippen MR) is 60.0 cm³/mol. The SMILES string of the molecule is CC(=O)N1CCCC(C(=O)NCC(O)C(F)(F)F)C1. The highest BCUT2D eigenvalue weighted by Gasteiger charge is 2.38. The number of hydrogen-bond acceptors (Lipinski definition) is 3. The molecular formula is C11H17F3N2O3. The van der Waals surface area contributed by atoms with E-state index in [1.807, 2.05) is 0 Å². The van der Waals surface area contributed by atoms with Crippen LogP contribution in [0.4, 0.5) is 13.2 Å². The maximum Gasteiger partial charge on any atom is 0.416 e. The third-order valence-electron chi connectivity index (χ3n) is 3.08. The number of nitrogens with zero attached hydrogens (tertiary/aromatic N) is 1. The van der Waals surface area contributed by atoms with Crippen LogP contribution in [0.2, 0.25) is 0 Å². The van der Waals surface area contributed by atoms with Gasteiger partial charge in [-0.05, 0) is 12.8 Å². The average Bonchev–Trinajstić information content (AvgIpc) is 2.34. The summed E-state index contributed by atoms with van der Waals surface area (Å²) in [6.45, 7) is 1.29. The van der Waals surface area contributed by atoms with Crippen LogP contribution in [0.15, 0.2) is 0 Å². The standard InChI is InChI=1S/C11H17F3N2O3/c1-7(17)16-4-2-3-8(6-16)10(19)15-5-9(18)11(12,13)14/h8-9,18H,2-6H2,1H3,(H,15,19). The van der Waals surface area contributed by atoms with Gasteiger partial charge in [-0.1, -0.05) is 0 Å². The lowest BCUT2D eigenvalue weighted by atomic mass is 9.97. The molecule has 8 heteroatoms. The van der Waals surface area contributed by atoms with E-state index in [1.54, 1.807) is 0 Å². The molecule has 1 fully saturated rings. The van der Waals surface area contributed by atoms with Crippen LogP contribution < -0.4 is 5.32 Å². The van der Waals surface area contributed by atoms with Crippen molar-refractivity contribution >= 4 is 11.8 Å². The Labute approximate surface area is 108 Å². The van der Waals surface area contributed by atoms with Crippen molar-refractivity contribution in [2.24, 2.45) is 5.92 Å². The fourth-order valence-corrected chi connectivity index (χ4v) is 1.93. The Balaban J connectivity index is 2.43. The zero-order valence-electron chi connectivity index (χ0n) is 10.5. The molecule has 0 radical (unpaired) electrons. The molecule has 2 amide bonds. The van der Waals surface area contributed by atoms with E-state index in [-0.39, 0.29) is 12.5 Å². The van der Waals surface area contributed by atoms with Gasteiger partial charge < -0.3 is 15.3 Å². The van der Waals surface area contributed by atoms with E-state index in [0.717, 1.165) is 0 Å². The molecule has 0 aromatic carbocycles. The van der Waals surface area contributed by atoms with Gasteiger partial charge in [-0.15, -0.1) is 0 Å². The van der Waals surface area contributed by atoms with Crippen LogP contribution in [0.1, 0.15) is 19.8 Å². The van der Waals surface area contributed by atoms with Crippen LogP contribution in [-0.2, 0) is 9.59 Å². The number of carbonyl (C=O) groups excluding carboxylic acids is 2. The number of likely N-dealkylation sites (tertiary alicyclic amines) is 1. The maximum atomic E-state index is 12.1. The van der Waals surface area contributed by atoms with Crippen LogP contribution in [0.3, 0.4) is 0 Å². The van der Waals surface area contributed by atoms with E-state index < -0.39 is 30.7 Å². The van der Waals surface area contributed by atoms with Gasteiger partial charge in [0, 0.05) is 20.0 Å². The molecule has 19 heavy (non-hydrogen) atoms. The van der Waals surface area contributed by atoms with Crippen molar-refractivity contribution in [2.45, 2.75) is 32.0 Å². The summed E-state index contributed by atoms with van der Waals surface area (Å²) in [5.41, 5.74) is 0. The number of hydrogen-bond donors (Lipinski definition) is 2. The largest absolute Gasteiger partial charge is 0.416 e. The summed E-state index contributed by atoms with van der Waals surface area (Å²) in [4.78, 5) is 24.3. The highest BCUT2D eigenvalue weighted by molar-refractivity contribution is 5.80. The first-order valence-electron chi connectivity index (χ1n) is 6.00. The fraction of sp³-hybridized carbons (Fsp3) is 0.818. The van der Waals surface area contributed by atoms with Crippen molar-refractivity contribution in [1.29, 1.82) is 0 Å². The number of aliphatic hydroxyl groups excluding tert-OH is 1. The van der Waals surface area contributed by atoms with Crippen molar-refractivity contribution in [3.05, 3.63) is 0 Å². The van der Waals surface area contributed by atoms with Gasteiger partial charge >= 0.3 is 6.18 Å². The van der Waals surface area contributed by atoms with Gasteiger partial charge in [0.2, 0.25) is 11.8 Å². The number of rotatable bonds is 3. The topological polar surface area (TPSA) is 69.6 Å². The van der Waals surface area contributed by atoms with E-state index in [1.165, 1.54) is 11.8 Å². The van der Waals surface area contributed by atoms with Gasteiger partial charge in [0.05, 0.1) is 12.5 Å². The fourth-order valence-electron chi connectivity index (χ4n) is 1.93. The number of halogens is 3. The Kier molecular flexibility index (Phi) is 5.16. The molecule has 1 rings (SSSR count). The maximum absolute atomic E-state index is 12.1. The van der Waals surface area contributed by atoms with Crippen LogP contribution >= 0.6 is 0 Å². The molecule has 0 bridgehead atoms. The molecule has 5 nitrogen and oxygen atoms in total. The second kappa shape index (κ2) is 6.23. The molecule has 0 aliphatic carbocycles. The summed E-state index contributed by atoms with van der Waals surface area (Å²) >= 11 is 0. The normalized spacial score (nSPS) is 21.9. The number of nitrogens with one attached hydrogen (secondary N) is 1. The molecule has 2 unspecified atom stereocenters. The van der Waals surface area contributed by atoms with Crippen molar-refractivity contribution < 1.29 is 27.9 Å². The first-order chi connectivity index (χ1) is 8.71. The average molecular weight is 282 g/mol. The highest BCUT2D eigenvalue weighted by Crippen LogP contribution is 2.20. The Morgan fingerprint density at radius 2 is 2.11 bits per heavy atom. The monoisotopic (exact) mass is 282 g/mol. The second-order valence-corrected chi connectivity index (χ2v) is 4.61. The smallest absolute Gasteiger partial charge is 0.382 e. The van der Waals surface area contributed by atoms with Gasteiger partial charge in [0.25, 0.3) is 0 Å². The zero-order chi connectivity index (χ0) is 14.6. The second-order valence-electron chi connectivity index (χ2n) is 4.61. The molecule has 1 saturated heterocycles. The molecule has 1 heterocycles. The lowest BCUT2D eigenvalue weighted by molar-refractivity contribution is -0.202. The Hall–Kier alpha value is -1.31. The number of amides is 2. The predicted octanol–water partition coefficient (Wildman–Crippen LogP) is 0.284. The number of piperidine rings is 1. The van der Waals surface area contributed by atoms with Crippen LogP contribution in [0.25, 0.3) is 0 Å². The van der Waals surface area contributed by atoms with Crippen LogP contribution in [-0.4, -0.2) is 53.7 Å². The van der Waals surface area contributed by atoms with E-state index in [9.17, 15) is 22.8 Å². The third-order valence-corrected chi connectivity index (χ3v) is 3.08. The molecule has 1 aliphatic rings. The number of carbonyl (C=O) groups is 2. The molecule has 0 aromatic heterocycles. The molecular weight excluding hydrogens is 265 g/mol. The van der Waals surface area contributed by atoms with Crippen molar-refractivity contribution in [2.75, 3.05) is 19.6 Å². The van der Waals surface area contributed by atoms with Gasteiger partial charge in [0.1, 0.15) is 0 Å². The van der Waals surface area contributed by atoms with E-state index in [2.05, 4.69) is 5.32 Å². The first-order valence-corrected chi connectivity index (χ1v) is 6.00. The van der Waals surface area contributed by atoms with Crippen LogP contribution in [0, 0.1) is 5.92 Å². The number of aliphatic hydroxyl groups is 1. The summed E-state index contributed by atoms with van der Waals surface area (Å²) in [6.07, 6.45) is -6.15. The van der Waals surface area contributed by atoms with Gasteiger partial charge in [-0.2, -0.15) is 13.2 Å². The van der Waals surface area contributed by atoms with Gasteiger partial charge in [0.15, 0.2) is 6.10 Å². The van der Waals surface area contributed by atoms with E-state index >= 15 is 0 Å². The molecule has 0 aromatic rings. The molecule has 2 N–H and O–H groups in total. The van der Waals surface area contributed by atoms with Gasteiger partial charge in [-0.3, -0.25) is 9.59 Å². The first kappa shape index (κ1) is 15.7. The van der Waals surface area contributed by atoms with Crippen molar-refractivity contribution in [1.82, 2.24) is 10.2 Å². The Morgan fingerprint density at radius 3 is 2.63 bits per heavy atom. The van der Waals surface area contributed by atoms with Crippen molar-refractivity contribution in [3.63, 3.8) is 0 Å². The molecule has 0 spiro atoms. The molecule has 0 saturated carbocycles.